The smallest absolute Gasteiger partial charge is 0.141 e. The van der Waals surface area contributed by atoms with Gasteiger partial charge >= 0.3 is 0 Å². The van der Waals surface area contributed by atoms with E-state index in [1.165, 1.54) is 5.56 Å². The molecule has 5 heteroatoms. The molecule has 2 rings (SSSR count). The van der Waals surface area contributed by atoms with Gasteiger partial charge in [-0.25, -0.2) is 0 Å². The Hall–Kier alpha value is -2.07. The van der Waals surface area contributed by atoms with E-state index in [9.17, 15) is 0 Å². The second kappa shape index (κ2) is 5.71. The van der Waals surface area contributed by atoms with Gasteiger partial charge in [0.1, 0.15) is 11.5 Å². The average Bonchev–Trinajstić information content (AvgIpc) is 2.41. The molecule has 2 aromatic rings. The highest BCUT2D eigenvalue weighted by atomic mass is 35.5. The van der Waals surface area contributed by atoms with Crippen LogP contribution >= 0.6 is 11.6 Å². The minimum atomic E-state index is -0.0214. The molecule has 0 unspecified atom stereocenters. The molecule has 0 saturated heterocycles. The quantitative estimate of drug-likeness (QED) is 0.665. The van der Waals surface area contributed by atoms with Crippen molar-refractivity contribution in [3.63, 3.8) is 0 Å². The molecule has 0 atom stereocenters. The van der Waals surface area contributed by atoms with Gasteiger partial charge in [-0.3, -0.25) is 10.4 Å². The standard InChI is InChI=1S/C14H15ClN4/c1-19(9-10-2-4-11(15)5-3-10)12-6-7-13(14(16)17)18-8-12/h2-8H,9H2,1H3,(H3,16,17). The lowest BCUT2D eigenvalue weighted by Crippen LogP contribution is -2.18. The summed E-state index contributed by atoms with van der Waals surface area (Å²) in [5, 5.41) is 8.04. The maximum Gasteiger partial charge on any atom is 0.141 e. The van der Waals surface area contributed by atoms with E-state index >= 15 is 0 Å². The highest BCUT2D eigenvalue weighted by Crippen LogP contribution is 2.16. The van der Waals surface area contributed by atoms with Crippen molar-refractivity contribution in [2.45, 2.75) is 6.54 Å². The molecule has 19 heavy (non-hydrogen) atoms. The molecule has 0 bridgehead atoms. The zero-order chi connectivity index (χ0) is 13.8. The zero-order valence-corrected chi connectivity index (χ0v) is 11.4. The summed E-state index contributed by atoms with van der Waals surface area (Å²) in [6.45, 7) is 0.762. The van der Waals surface area contributed by atoms with Crippen LogP contribution in [0.25, 0.3) is 0 Å². The van der Waals surface area contributed by atoms with Gasteiger partial charge in [0.2, 0.25) is 0 Å². The Morgan fingerprint density at radius 1 is 1.26 bits per heavy atom. The van der Waals surface area contributed by atoms with Gasteiger partial charge in [-0.15, -0.1) is 0 Å². The van der Waals surface area contributed by atoms with E-state index in [4.69, 9.17) is 22.7 Å². The Bertz CT molecular complexity index is 563. The first-order valence-corrected chi connectivity index (χ1v) is 6.20. The summed E-state index contributed by atoms with van der Waals surface area (Å²) in [5.41, 5.74) is 8.00. The lowest BCUT2D eigenvalue weighted by Gasteiger charge is -2.19. The molecule has 0 radical (unpaired) electrons. The molecule has 1 heterocycles. The summed E-state index contributed by atoms with van der Waals surface area (Å²) >= 11 is 5.86. The van der Waals surface area contributed by atoms with E-state index in [2.05, 4.69) is 9.88 Å². The molecule has 1 aromatic heterocycles. The van der Waals surface area contributed by atoms with Crippen LogP contribution in [0.4, 0.5) is 5.69 Å². The molecule has 4 nitrogen and oxygen atoms in total. The SMILES string of the molecule is CN(Cc1ccc(Cl)cc1)c1ccc(C(=N)N)nc1. The number of nitrogens with one attached hydrogen (secondary N) is 1. The highest BCUT2D eigenvalue weighted by molar-refractivity contribution is 6.30. The molecular weight excluding hydrogens is 260 g/mol. The lowest BCUT2D eigenvalue weighted by atomic mass is 10.2. The summed E-state index contributed by atoms with van der Waals surface area (Å²) in [7, 11) is 1.99. The predicted molar refractivity (Wildman–Crippen MR) is 78.8 cm³/mol. The second-order valence-electron chi connectivity index (χ2n) is 4.30. The van der Waals surface area contributed by atoms with E-state index in [0.29, 0.717) is 5.69 Å². The Balaban J connectivity index is 2.09. The highest BCUT2D eigenvalue weighted by Gasteiger charge is 2.04. The Morgan fingerprint density at radius 3 is 2.47 bits per heavy atom. The summed E-state index contributed by atoms with van der Waals surface area (Å²) in [6.07, 6.45) is 1.71. The number of nitrogens with zero attached hydrogens (tertiary/aromatic N) is 2. The third-order valence-electron chi connectivity index (χ3n) is 2.80. The van der Waals surface area contributed by atoms with E-state index in [1.807, 2.05) is 37.4 Å². The number of rotatable bonds is 4. The Labute approximate surface area is 117 Å². The van der Waals surface area contributed by atoms with Crippen LogP contribution in [0.1, 0.15) is 11.3 Å². The molecule has 0 aliphatic heterocycles. The van der Waals surface area contributed by atoms with Crippen molar-refractivity contribution < 1.29 is 0 Å². The van der Waals surface area contributed by atoms with Gasteiger partial charge in [0.25, 0.3) is 0 Å². The molecule has 0 amide bonds. The van der Waals surface area contributed by atoms with Crippen molar-refractivity contribution in [1.82, 2.24) is 4.98 Å². The number of amidine groups is 1. The van der Waals surface area contributed by atoms with Crippen LogP contribution in [0.5, 0.6) is 0 Å². The van der Waals surface area contributed by atoms with Gasteiger partial charge in [0.15, 0.2) is 0 Å². The number of nitrogens with two attached hydrogens (primary N) is 1. The number of hydrogen-bond acceptors (Lipinski definition) is 3. The van der Waals surface area contributed by atoms with Gasteiger partial charge in [0, 0.05) is 18.6 Å². The molecule has 1 aromatic carbocycles. The molecule has 0 aliphatic rings. The van der Waals surface area contributed by atoms with E-state index in [0.717, 1.165) is 17.3 Å². The maximum absolute atomic E-state index is 7.30. The molecule has 98 valence electrons. The number of aromatic nitrogens is 1. The summed E-state index contributed by atoms with van der Waals surface area (Å²) in [4.78, 5) is 6.21. The lowest BCUT2D eigenvalue weighted by molar-refractivity contribution is 0.917. The number of hydrogen-bond donors (Lipinski definition) is 2. The molecule has 0 aliphatic carbocycles. The molecule has 3 N–H and O–H groups in total. The number of halogens is 1. The largest absolute Gasteiger partial charge is 0.382 e. The average molecular weight is 275 g/mol. The van der Waals surface area contributed by atoms with Crippen LogP contribution in [0.3, 0.4) is 0 Å². The summed E-state index contributed by atoms with van der Waals surface area (Å²) < 4.78 is 0. The van der Waals surface area contributed by atoms with Gasteiger partial charge in [-0.2, -0.15) is 0 Å². The minimum Gasteiger partial charge on any atom is -0.382 e. The van der Waals surface area contributed by atoms with Crippen LogP contribution in [0.15, 0.2) is 42.6 Å². The van der Waals surface area contributed by atoms with Gasteiger partial charge < -0.3 is 10.6 Å². The van der Waals surface area contributed by atoms with Crippen LogP contribution in [-0.4, -0.2) is 17.9 Å². The second-order valence-corrected chi connectivity index (χ2v) is 4.73. The van der Waals surface area contributed by atoms with Crippen molar-refractivity contribution in [3.05, 3.63) is 58.9 Å². The van der Waals surface area contributed by atoms with Crippen molar-refractivity contribution in [3.8, 4) is 0 Å². The predicted octanol–water partition coefficient (Wildman–Crippen LogP) is 2.66. The van der Waals surface area contributed by atoms with E-state index in [-0.39, 0.29) is 5.84 Å². The van der Waals surface area contributed by atoms with Crippen molar-refractivity contribution in [2.24, 2.45) is 5.73 Å². The van der Waals surface area contributed by atoms with Crippen LogP contribution < -0.4 is 10.6 Å². The molecule has 0 spiro atoms. The van der Waals surface area contributed by atoms with Crippen molar-refractivity contribution in [2.75, 3.05) is 11.9 Å². The third-order valence-corrected chi connectivity index (χ3v) is 3.05. The topological polar surface area (TPSA) is 66.0 Å². The number of benzene rings is 1. The first-order chi connectivity index (χ1) is 9.06. The zero-order valence-electron chi connectivity index (χ0n) is 10.6. The van der Waals surface area contributed by atoms with Gasteiger partial charge in [-0.1, -0.05) is 23.7 Å². The monoisotopic (exact) mass is 274 g/mol. The maximum atomic E-state index is 7.30. The van der Waals surface area contributed by atoms with Crippen LogP contribution in [0.2, 0.25) is 5.02 Å². The fourth-order valence-corrected chi connectivity index (χ4v) is 1.85. The fraction of sp³-hybridized carbons (Fsp3) is 0.143. The third kappa shape index (κ3) is 3.45. The van der Waals surface area contributed by atoms with E-state index < -0.39 is 0 Å². The molecule has 0 fully saturated rings. The van der Waals surface area contributed by atoms with Crippen LogP contribution in [0, 0.1) is 5.41 Å². The first kappa shape index (κ1) is 13.4. The number of pyridine rings is 1. The van der Waals surface area contributed by atoms with Crippen molar-refractivity contribution in [1.29, 1.82) is 5.41 Å². The normalized spacial score (nSPS) is 10.2. The van der Waals surface area contributed by atoms with Crippen LogP contribution in [-0.2, 0) is 6.54 Å². The van der Waals surface area contributed by atoms with Crippen molar-refractivity contribution >= 4 is 23.1 Å². The Morgan fingerprint density at radius 2 is 1.95 bits per heavy atom. The number of anilines is 1. The van der Waals surface area contributed by atoms with E-state index in [1.54, 1.807) is 12.3 Å². The molecule has 0 saturated carbocycles. The van der Waals surface area contributed by atoms with Gasteiger partial charge in [0.05, 0.1) is 11.9 Å². The van der Waals surface area contributed by atoms with Gasteiger partial charge in [-0.05, 0) is 29.8 Å². The summed E-state index contributed by atoms with van der Waals surface area (Å²) in [6, 6.07) is 11.4. The summed E-state index contributed by atoms with van der Waals surface area (Å²) in [5.74, 6) is -0.0214. The molecular formula is C14H15ClN4. The number of nitrogen functional groups attached to an aromatic ring is 1. The fourth-order valence-electron chi connectivity index (χ4n) is 1.73. The minimum absolute atomic E-state index is 0.0214. The Kier molecular flexibility index (Phi) is 4.02. The first-order valence-electron chi connectivity index (χ1n) is 5.82.